The van der Waals surface area contributed by atoms with Gasteiger partial charge in [0.15, 0.2) is 0 Å². The first-order valence-electron chi connectivity index (χ1n) is 15.6. The number of carbonyl (C=O) groups is 4. The predicted octanol–water partition coefficient (Wildman–Crippen LogP) is 4.43. The number of nitrogens with zero attached hydrogens (tertiary/aromatic N) is 2. The molecule has 4 N–H and O–H groups in total. The summed E-state index contributed by atoms with van der Waals surface area (Å²) < 4.78 is 5.46. The Morgan fingerprint density at radius 2 is 1.43 bits per heavy atom. The van der Waals surface area contributed by atoms with Gasteiger partial charge in [0, 0.05) is 44.8 Å². The number of rotatable bonds is 17. The van der Waals surface area contributed by atoms with Crippen molar-refractivity contribution in [3.8, 4) is 0 Å². The summed E-state index contributed by atoms with van der Waals surface area (Å²) in [6.45, 7) is 5.55. The van der Waals surface area contributed by atoms with Gasteiger partial charge in [0.1, 0.15) is 12.6 Å². The molecular weight excluding hydrogens is 604 g/mol. The first-order valence-corrected chi connectivity index (χ1v) is 16.4. The summed E-state index contributed by atoms with van der Waals surface area (Å²) in [5.41, 5.74) is 3.80. The van der Waals surface area contributed by atoms with Crippen LogP contribution >= 0.6 is 11.3 Å². The molecule has 0 fully saturated rings. The van der Waals surface area contributed by atoms with E-state index in [0.29, 0.717) is 25.7 Å². The Balaban J connectivity index is 1.75. The quantitative estimate of drug-likeness (QED) is 0.170. The van der Waals surface area contributed by atoms with Crippen LogP contribution in [0.4, 0.5) is 9.59 Å². The van der Waals surface area contributed by atoms with Gasteiger partial charge in [-0.05, 0) is 57.1 Å². The number of hydrogen-bond acceptors (Lipinski definition) is 7. The summed E-state index contributed by atoms with van der Waals surface area (Å²) in [5, 5.41) is 11.7. The van der Waals surface area contributed by atoms with Crippen molar-refractivity contribution in [1.82, 2.24) is 31.2 Å². The van der Waals surface area contributed by atoms with Crippen LogP contribution in [-0.4, -0.2) is 71.6 Å². The summed E-state index contributed by atoms with van der Waals surface area (Å²) in [6, 6.07) is 17.9. The van der Waals surface area contributed by atoms with E-state index in [9.17, 15) is 19.2 Å². The highest BCUT2D eigenvalue weighted by Gasteiger charge is 2.26. The number of thiazole rings is 1. The van der Waals surface area contributed by atoms with Gasteiger partial charge in [-0.1, -0.05) is 60.7 Å². The molecule has 3 unspecified atom stereocenters. The zero-order valence-electron chi connectivity index (χ0n) is 27.0. The van der Waals surface area contributed by atoms with Gasteiger partial charge in [-0.2, -0.15) is 0 Å². The second-order valence-corrected chi connectivity index (χ2v) is 12.5. The fourth-order valence-corrected chi connectivity index (χ4v) is 5.26. The molecule has 2 aromatic carbocycles. The number of urea groups is 1. The number of carbonyl (C=O) groups excluding carboxylic acids is 4. The molecule has 12 heteroatoms. The number of nitrogens with one attached hydrogen (secondary N) is 4. The van der Waals surface area contributed by atoms with E-state index in [4.69, 9.17) is 4.74 Å². The number of benzene rings is 2. The minimum Gasteiger partial charge on any atom is -0.444 e. The minimum absolute atomic E-state index is 0.0624. The van der Waals surface area contributed by atoms with Gasteiger partial charge in [0.05, 0.1) is 10.4 Å². The van der Waals surface area contributed by atoms with E-state index in [1.165, 1.54) is 23.2 Å². The molecule has 0 saturated carbocycles. The van der Waals surface area contributed by atoms with Gasteiger partial charge in [0.2, 0.25) is 11.8 Å². The van der Waals surface area contributed by atoms with Gasteiger partial charge in [-0.25, -0.2) is 9.59 Å². The summed E-state index contributed by atoms with van der Waals surface area (Å²) in [6.07, 6.45) is 3.62. The SMILES string of the molecule is CC(=O)NCCC(NC(=O)N(C)C(C)C)C(=O)NC(CCC(Cc1ccccc1)NC(=O)OCc1cncs1)Cc1ccccc1. The summed E-state index contributed by atoms with van der Waals surface area (Å²) in [5.74, 6) is -0.553. The molecule has 0 aliphatic carbocycles. The van der Waals surface area contributed by atoms with Gasteiger partial charge in [-0.3, -0.25) is 14.6 Å². The Kier molecular flexibility index (Phi) is 15.0. The Labute approximate surface area is 275 Å². The molecule has 3 aromatic rings. The average Bonchev–Trinajstić information content (AvgIpc) is 3.56. The molecule has 1 heterocycles. The van der Waals surface area contributed by atoms with Gasteiger partial charge in [0.25, 0.3) is 0 Å². The van der Waals surface area contributed by atoms with Crippen LogP contribution in [-0.2, 0) is 33.8 Å². The Morgan fingerprint density at radius 3 is 1.96 bits per heavy atom. The summed E-state index contributed by atoms with van der Waals surface area (Å²) in [7, 11) is 1.67. The van der Waals surface area contributed by atoms with Crippen LogP contribution in [0.1, 0.15) is 56.0 Å². The van der Waals surface area contributed by atoms with E-state index in [0.717, 1.165) is 16.0 Å². The van der Waals surface area contributed by atoms with Crippen LogP contribution < -0.4 is 21.3 Å². The smallest absolute Gasteiger partial charge is 0.407 e. The van der Waals surface area contributed by atoms with Gasteiger partial charge in [-0.15, -0.1) is 11.3 Å². The van der Waals surface area contributed by atoms with E-state index >= 15 is 0 Å². The fraction of sp³-hybridized carbons (Fsp3) is 0.441. The number of ether oxygens (including phenoxy) is 1. The number of hydrogen-bond donors (Lipinski definition) is 4. The number of amides is 5. The van der Waals surface area contributed by atoms with E-state index in [1.54, 1.807) is 18.8 Å². The fourth-order valence-electron chi connectivity index (χ4n) is 4.76. The van der Waals surface area contributed by atoms with Crippen LogP contribution in [0.15, 0.2) is 72.4 Å². The first-order chi connectivity index (χ1) is 22.1. The molecule has 0 aliphatic heterocycles. The Morgan fingerprint density at radius 1 is 0.848 bits per heavy atom. The first kappa shape index (κ1) is 36.0. The normalized spacial score (nSPS) is 12.8. The predicted molar refractivity (Wildman–Crippen MR) is 179 cm³/mol. The zero-order valence-corrected chi connectivity index (χ0v) is 27.8. The molecule has 3 atom stereocenters. The van der Waals surface area contributed by atoms with E-state index in [-0.39, 0.29) is 55.5 Å². The van der Waals surface area contributed by atoms with Crippen LogP contribution in [0.25, 0.3) is 0 Å². The third kappa shape index (κ3) is 13.3. The molecule has 3 rings (SSSR count). The van der Waals surface area contributed by atoms with Crippen molar-refractivity contribution < 1.29 is 23.9 Å². The molecular formula is C34H46N6O5S. The molecule has 11 nitrogen and oxygen atoms in total. The lowest BCUT2D eigenvalue weighted by molar-refractivity contribution is -0.124. The minimum atomic E-state index is -0.862. The zero-order chi connectivity index (χ0) is 33.3. The van der Waals surface area contributed by atoms with E-state index in [2.05, 4.69) is 26.3 Å². The van der Waals surface area contributed by atoms with Crippen LogP contribution in [0.3, 0.4) is 0 Å². The average molecular weight is 651 g/mol. The standard InChI is InChI=1S/C34H46N6O5S/c1-24(2)40(4)33(43)39-31(17-18-36-25(3)41)32(42)37-28(19-26-11-7-5-8-12-26)15-16-29(20-27-13-9-6-10-14-27)38-34(44)45-22-30-21-35-23-46-30/h5-14,21,23-24,28-29,31H,15-20,22H2,1-4H3,(H,36,41)(H,37,42)(H,38,44)(H,39,43). The Bertz CT molecular complexity index is 1360. The topological polar surface area (TPSA) is 142 Å². The molecule has 0 aliphatic rings. The molecule has 1 aromatic heterocycles. The van der Waals surface area contributed by atoms with Crippen molar-refractivity contribution in [3.05, 3.63) is 88.4 Å². The highest BCUT2D eigenvalue weighted by Crippen LogP contribution is 2.15. The maximum atomic E-state index is 13.7. The van der Waals surface area contributed by atoms with Crippen LogP contribution in [0, 0.1) is 0 Å². The van der Waals surface area contributed by atoms with Crippen LogP contribution in [0.5, 0.6) is 0 Å². The molecule has 0 bridgehead atoms. The lowest BCUT2D eigenvalue weighted by Crippen LogP contribution is -2.54. The van der Waals surface area contributed by atoms with Gasteiger partial charge < -0.3 is 30.9 Å². The second-order valence-electron chi connectivity index (χ2n) is 11.5. The maximum Gasteiger partial charge on any atom is 0.407 e. The number of alkyl carbamates (subject to hydrolysis) is 1. The molecule has 0 saturated heterocycles. The van der Waals surface area contributed by atoms with E-state index in [1.807, 2.05) is 74.5 Å². The third-order valence-electron chi connectivity index (χ3n) is 7.53. The van der Waals surface area contributed by atoms with Crippen molar-refractivity contribution in [1.29, 1.82) is 0 Å². The molecule has 5 amide bonds. The molecule has 248 valence electrons. The highest BCUT2D eigenvalue weighted by molar-refractivity contribution is 7.09. The monoisotopic (exact) mass is 650 g/mol. The van der Waals surface area contributed by atoms with E-state index < -0.39 is 12.1 Å². The Hall–Kier alpha value is -4.45. The highest BCUT2D eigenvalue weighted by atomic mass is 32.1. The van der Waals surface area contributed by atoms with Crippen molar-refractivity contribution in [2.45, 2.75) is 83.6 Å². The van der Waals surface area contributed by atoms with Crippen molar-refractivity contribution in [3.63, 3.8) is 0 Å². The summed E-state index contributed by atoms with van der Waals surface area (Å²) >= 11 is 1.42. The molecule has 46 heavy (non-hydrogen) atoms. The second kappa shape index (κ2) is 19.2. The largest absolute Gasteiger partial charge is 0.444 e. The number of aromatic nitrogens is 1. The third-order valence-corrected chi connectivity index (χ3v) is 8.28. The van der Waals surface area contributed by atoms with Crippen LogP contribution in [0.2, 0.25) is 0 Å². The molecule has 0 spiro atoms. The van der Waals surface area contributed by atoms with Crippen molar-refractivity contribution in [2.75, 3.05) is 13.6 Å². The lowest BCUT2D eigenvalue weighted by atomic mass is 9.95. The summed E-state index contributed by atoms with van der Waals surface area (Å²) in [4.78, 5) is 57.3. The lowest BCUT2D eigenvalue weighted by Gasteiger charge is -2.28. The molecule has 0 radical (unpaired) electrons. The van der Waals surface area contributed by atoms with Crippen molar-refractivity contribution in [2.24, 2.45) is 0 Å². The maximum absolute atomic E-state index is 13.7. The van der Waals surface area contributed by atoms with Crippen molar-refractivity contribution >= 4 is 35.3 Å². The van der Waals surface area contributed by atoms with Gasteiger partial charge >= 0.3 is 12.1 Å².